The number of para-hydroxylation sites is 1. The van der Waals surface area contributed by atoms with Gasteiger partial charge in [0, 0.05) is 52.8 Å². The summed E-state index contributed by atoms with van der Waals surface area (Å²) >= 11 is 0.858. The first-order valence-corrected chi connectivity index (χ1v) is 18.5. The van der Waals surface area contributed by atoms with Crippen LogP contribution in [0.4, 0.5) is 0 Å². The van der Waals surface area contributed by atoms with Crippen molar-refractivity contribution in [3.63, 3.8) is 0 Å². The molecular weight excluding hydrogens is 717 g/mol. The highest BCUT2D eigenvalue weighted by molar-refractivity contribution is 7.26. The molecule has 0 N–H and O–H groups in total. The van der Waals surface area contributed by atoms with E-state index in [1.54, 1.807) is 42.5 Å². The minimum Gasteiger partial charge on any atom is -0.456 e. The Morgan fingerprint density at radius 2 is 1.16 bits per heavy atom. The Morgan fingerprint density at radius 3 is 1.98 bits per heavy atom. The van der Waals surface area contributed by atoms with Gasteiger partial charge in [-0.2, -0.15) is 9.97 Å². The molecule has 266 valence electrons. The van der Waals surface area contributed by atoms with Gasteiger partial charge in [-0.25, -0.2) is 4.98 Å². The van der Waals surface area contributed by atoms with Crippen molar-refractivity contribution in [1.29, 1.82) is 0 Å². The maximum absolute atomic E-state index is 9.73. The molecule has 4 heterocycles. The molecule has 0 bridgehead atoms. The summed E-state index contributed by atoms with van der Waals surface area (Å²) in [6.45, 7) is 0. The van der Waals surface area contributed by atoms with E-state index in [4.69, 9.17) is 31.7 Å². The molecule has 0 aliphatic carbocycles. The molecule has 0 aliphatic rings. The number of hydrogen-bond acceptors (Lipinski definition) is 5. The third-order valence-corrected chi connectivity index (χ3v) is 10.9. The first kappa shape index (κ1) is 20.0. The summed E-state index contributed by atoms with van der Waals surface area (Å²) in [5.41, 5.74) is 1.45. The van der Waals surface area contributed by atoms with Crippen LogP contribution in [0.1, 0.15) is 21.9 Å². The molecule has 4 aromatic heterocycles. The molecule has 5 nitrogen and oxygen atoms in total. The molecule has 57 heavy (non-hydrogen) atoms. The molecule has 0 radical (unpaired) electrons. The second-order valence-corrected chi connectivity index (χ2v) is 14.2. The minimum absolute atomic E-state index is 0.0207. The molecule has 0 spiro atoms. The van der Waals surface area contributed by atoms with Gasteiger partial charge in [0.1, 0.15) is 11.2 Å². The molecule has 0 amide bonds. The van der Waals surface area contributed by atoms with Crippen molar-refractivity contribution in [2.45, 2.75) is 0 Å². The van der Waals surface area contributed by atoms with E-state index in [-0.39, 0.29) is 92.7 Å². The maximum atomic E-state index is 9.73. The van der Waals surface area contributed by atoms with E-state index in [2.05, 4.69) is 0 Å². The molecule has 0 unspecified atom stereocenters. The SMILES string of the molecule is [2H]c1c([2H])c(-c2ccccc2)c2c(oc3c([2H])c(-c4nc(-c5ccc(-c6ccccc6)cc5)nc(-n5c6c([2H])c([2H])c([2H])c([2H])c6c6c7c(sc8c([2H])c([2H])c([2H])c([2H])c87)c([2H])c([2H])c65)n4)c([2H])c([2H])c32)c1[2H]. The molecule has 0 saturated heterocycles. The van der Waals surface area contributed by atoms with E-state index in [1.807, 2.05) is 42.5 Å². The summed E-state index contributed by atoms with van der Waals surface area (Å²) in [7, 11) is 0. The van der Waals surface area contributed by atoms with Crippen molar-refractivity contribution >= 4 is 75.3 Å². The fraction of sp³-hybridized carbons (Fsp3) is 0. The number of thiophene rings is 1. The summed E-state index contributed by atoms with van der Waals surface area (Å²) in [5, 5.41) is -0.142. The predicted molar refractivity (Wildman–Crippen MR) is 236 cm³/mol. The molecular formula is C51H30N4OS. The lowest BCUT2D eigenvalue weighted by molar-refractivity contribution is 0.669. The normalized spacial score (nSPS) is 15.8. The third-order valence-electron chi connectivity index (χ3n) is 9.91. The maximum Gasteiger partial charge on any atom is 0.238 e. The van der Waals surface area contributed by atoms with Gasteiger partial charge in [-0.05, 0) is 64.6 Å². The number of fused-ring (bicyclic) bond motifs is 10. The lowest BCUT2D eigenvalue weighted by Crippen LogP contribution is -2.06. The second kappa shape index (κ2) is 12.6. The zero-order valence-electron chi connectivity index (χ0n) is 45.2. The largest absolute Gasteiger partial charge is 0.456 e. The van der Waals surface area contributed by atoms with Gasteiger partial charge in [-0.15, -0.1) is 11.3 Å². The highest BCUT2D eigenvalue weighted by atomic mass is 32.1. The lowest BCUT2D eigenvalue weighted by Gasteiger charge is -2.11. The van der Waals surface area contributed by atoms with Crippen molar-refractivity contribution in [2.75, 3.05) is 0 Å². The van der Waals surface area contributed by atoms with Gasteiger partial charge in [0.2, 0.25) is 5.95 Å². The Morgan fingerprint density at radius 1 is 0.456 bits per heavy atom. The molecule has 6 heteroatoms. The highest BCUT2D eigenvalue weighted by Crippen LogP contribution is 2.44. The molecule has 8 aromatic carbocycles. The van der Waals surface area contributed by atoms with Gasteiger partial charge < -0.3 is 4.42 Å². The van der Waals surface area contributed by atoms with Gasteiger partial charge in [0.05, 0.1) is 33.0 Å². The van der Waals surface area contributed by atoms with Crippen molar-refractivity contribution in [3.05, 3.63) is 182 Å². The number of rotatable bonds is 5. The van der Waals surface area contributed by atoms with Crippen LogP contribution >= 0.6 is 11.3 Å². The Hall–Kier alpha value is -7.41. The van der Waals surface area contributed by atoms with Gasteiger partial charge in [0.25, 0.3) is 0 Å². The Bertz CT molecular complexity index is 4450. The van der Waals surface area contributed by atoms with Crippen molar-refractivity contribution in [1.82, 2.24) is 19.5 Å². The summed E-state index contributed by atoms with van der Waals surface area (Å²) in [6, 6.07) is 17.0. The van der Waals surface area contributed by atoms with Crippen LogP contribution in [0.2, 0.25) is 0 Å². The van der Waals surface area contributed by atoms with Crippen LogP contribution in [0.15, 0.2) is 186 Å². The molecule has 0 atom stereocenters. The zero-order chi connectivity index (χ0) is 51.4. The highest BCUT2D eigenvalue weighted by Gasteiger charge is 2.22. The average molecular weight is 763 g/mol. The van der Waals surface area contributed by atoms with E-state index in [9.17, 15) is 9.60 Å². The smallest absolute Gasteiger partial charge is 0.238 e. The van der Waals surface area contributed by atoms with Crippen LogP contribution in [0.3, 0.4) is 0 Å². The Kier molecular flexibility index (Phi) is 4.40. The van der Waals surface area contributed by atoms with E-state index in [0.717, 1.165) is 22.5 Å². The second-order valence-electron chi connectivity index (χ2n) is 13.1. The molecule has 0 fully saturated rings. The monoisotopic (exact) mass is 762 g/mol. The standard InChI is InChI=1S/C51H30N4OS/c1-3-12-31(13-4-1)32-22-24-34(25-23-32)49-52-50(35-26-27-38-43(30-35)56-42-20-11-18-36(46(38)42)33-14-5-2-6-15-33)54-51(53-49)55-40-19-9-7-16-37(40)47-41(55)28-29-45-48(47)39-17-8-10-21-44(39)57-45/h1-30H/i7D,8D,9D,10D,11D,16D,17D,18D,19D,20D,21D,26D,27D,28D,29D,30D. The van der Waals surface area contributed by atoms with Crippen LogP contribution in [0.5, 0.6) is 0 Å². The first-order valence-electron chi connectivity index (χ1n) is 25.7. The molecule has 12 aromatic rings. The zero-order valence-corrected chi connectivity index (χ0v) is 30.0. The van der Waals surface area contributed by atoms with Crippen LogP contribution in [0, 0.1) is 0 Å². The topological polar surface area (TPSA) is 56.7 Å². The fourth-order valence-electron chi connectivity index (χ4n) is 7.35. The van der Waals surface area contributed by atoms with Crippen molar-refractivity contribution < 1.29 is 26.3 Å². The van der Waals surface area contributed by atoms with Crippen LogP contribution in [-0.4, -0.2) is 19.5 Å². The van der Waals surface area contributed by atoms with Crippen molar-refractivity contribution in [3.8, 4) is 51.0 Å². The van der Waals surface area contributed by atoms with E-state index in [0.29, 0.717) is 11.1 Å². The Labute approximate surface area is 353 Å². The summed E-state index contributed by atoms with van der Waals surface area (Å²) in [6.07, 6.45) is 0. The van der Waals surface area contributed by atoms with Gasteiger partial charge in [-0.3, -0.25) is 4.57 Å². The summed E-state index contributed by atoms with van der Waals surface area (Å²) in [5.74, 6) is -0.880. The number of hydrogen-bond donors (Lipinski definition) is 0. The summed E-state index contributed by atoms with van der Waals surface area (Å²) in [4.78, 5) is 14.5. The number of benzene rings is 8. The minimum atomic E-state index is -0.676. The average Bonchev–Trinajstić information content (AvgIpc) is 4.12. The summed E-state index contributed by atoms with van der Waals surface area (Å²) < 4.78 is 153. The Balaban J connectivity index is 1.23. The van der Waals surface area contributed by atoms with E-state index >= 15 is 0 Å². The predicted octanol–water partition coefficient (Wildman–Crippen LogP) is 13.9. The number of aromatic nitrogens is 4. The van der Waals surface area contributed by atoms with Gasteiger partial charge in [-0.1, -0.05) is 139 Å². The molecule has 12 rings (SSSR count). The molecule has 0 saturated carbocycles. The number of nitrogens with zero attached hydrogens (tertiary/aromatic N) is 4. The quantitative estimate of drug-likeness (QED) is 0.175. The first-order chi connectivity index (χ1) is 34.9. The van der Waals surface area contributed by atoms with Crippen LogP contribution in [-0.2, 0) is 0 Å². The van der Waals surface area contributed by atoms with Gasteiger partial charge in [0.15, 0.2) is 11.6 Å². The number of furan rings is 1. The van der Waals surface area contributed by atoms with Crippen LogP contribution < -0.4 is 0 Å². The van der Waals surface area contributed by atoms with E-state index < -0.39 is 96.6 Å². The lowest BCUT2D eigenvalue weighted by atomic mass is 9.99. The third kappa shape index (κ3) is 5.04. The van der Waals surface area contributed by atoms with Gasteiger partial charge >= 0.3 is 0 Å². The van der Waals surface area contributed by atoms with Crippen molar-refractivity contribution in [2.24, 2.45) is 0 Å². The molecule has 0 aliphatic heterocycles. The van der Waals surface area contributed by atoms with E-state index in [1.165, 1.54) is 4.57 Å². The fourth-order valence-corrected chi connectivity index (χ4v) is 8.32. The van der Waals surface area contributed by atoms with Crippen LogP contribution in [0.25, 0.3) is 115 Å².